The van der Waals surface area contributed by atoms with Crippen LogP contribution in [0.2, 0.25) is 0 Å². The molecule has 1 heterocycles. The second kappa shape index (κ2) is 8.86. The van der Waals surface area contributed by atoms with Gasteiger partial charge in [0.25, 0.3) is 0 Å². The summed E-state index contributed by atoms with van der Waals surface area (Å²) in [5, 5.41) is 14.0. The maximum atomic E-state index is 11.8. The molecule has 0 aliphatic rings. The van der Waals surface area contributed by atoms with Crippen molar-refractivity contribution in [3.05, 3.63) is 94.1 Å². The van der Waals surface area contributed by atoms with E-state index in [1.807, 2.05) is 60.7 Å². The van der Waals surface area contributed by atoms with E-state index in [9.17, 15) is 9.90 Å². The molecule has 0 amide bonds. The van der Waals surface area contributed by atoms with E-state index >= 15 is 0 Å². The minimum atomic E-state index is -0.949. The van der Waals surface area contributed by atoms with Crippen LogP contribution < -0.4 is 5.32 Å². The van der Waals surface area contributed by atoms with Gasteiger partial charge < -0.3 is 15.4 Å². The fraction of sp³-hybridized carbons (Fsp3) is 0.0870. The van der Waals surface area contributed by atoms with Gasteiger partial charge in [0, 0.05) is 33.4 Å². The van der Waals surface area contributed by atoms with Crippen LogP contribution in [0.25, 0.3) is 10.9 Å². The Morgan fingerprint density at radius 2 is 1.66 bits per heavy atom. The average molecular weight is 467 g/mol. The Balaban J connectivity index is 1.54. The highest BCUT2D eigenvalue weighted by Gasteiger charge is 2.18. The van der Waals surface area contributed by atoms with E-state index in [0.717, 1.165) is 37.3 Å². The second-order valence-electron chi connectivity index (χ2n) is 6.66. The molecule has 4 aromatic rings. The zero-order valence-electron chi connectivity index (χ0n) is 15.5. The summed E-state index contributed by atoms with van der Waals surface area (Å²) in [5.41, 5.74) is 3.38. The number of fused-ring (bicyclic) bond motifs is 1. The first kappa shape index (κ1) is 19.8. The van der Waals surface area contributed by atoms with Gasteiger partial charge >= 0.3 is 5.97 Å². The van der Waals surface area contributed by atoms with Gasteiger partial charge in [-0.3, -0.25) is 0 Å². The van der Waals surface area contributed by atoms with Crippen LogP contribution in [0.1, 0.15) is 21.6 Å². The van der Waals surface area contributed by atoms with E-state index in [1.54, 1.807) is 0 Å². The first-order chi connectivity index (χ1) is 14.1. The Labute approximate surface area is 181 Å². The van der Waals surface area contributed by atoms with E-state index in [4.69, 9.17) is 0 Å². The molecule has 1 aromatic heterocycles. The van der Waals surface area contributed by atoms with Crippen LogP contribution in [0, 0.1) is 0 Å². The van der Waals surface area contributed by atoms with Gasteiger partial charge in [-0.05, 0) is 41.5 Å². The van der Waals surface area contributed by atoms with E-state index in [-0.39, 0.29) is 5.69 Å². The molecule has 0 saturated heterocycles. The molecule has 3 N–H and O–H groups in total. The van der Waals surface area contributed by atoms with Crippen molar-refractivity contribution in [3.63, 3.8) is 0 Å². The number of aromatic nitrogens is 1. The molecular formula is C23H19BrN2O2S. The van der Waals surface area contributed by atoms with Crippen molar-refractivity contribution in [2.75, 3.05) is 0 Å². The first-order valence-corrected chi connectivity index (χ1v) is 10.8. The summed E-state index contributed by atoms with van der Waals surface area (Å²) < 4.78 is 1.07. The van der Waals surface area contributed by atoms with Crippen molar-refractivity contribution in [2.45, 2.75) is 22.9 Å². The molecule has 0 aliphatic carbocycles. The molecule has 3 aromatic carbocycles. The summed E-state index contributed by atoms with van der Waals surface area (Å²) in [5.74, 6) is -0.949. The van der Waals surface area contributed by atoms with Gasteiger partial charge in [-0.25, -0.2) is 4.79 Å². The van der Waals surface area contributed by atoms with Gasteiger partial charge in [0.05, 0.1) is 4.90 Å². The van der Waals surface area contributed by atoms with Crippen molar-refractivity contribution < 1.29 is 9.90 Å². The number of nitrogens with one attached hydrogen (secondary N) is 2. The normalized spacial score (nSPS) is 11.1. The third-order valence-electron chi connectivity index (χ3n) is 4.56. The zero-order valence-corrected chi connectivity index (χ0v) is 17.9. The zero-order chi connectivity index (χ0) is 20.2. The molecule has 29 heavy (non-hydrogen) atoms. The standard InChI is InChI=1S/C23H19BrN2O2S/c24-17-9-6-15(7-10-17)13-25-14-16-8-11-19-20(12-16)26-21(23(27)28)22(19)29-18-4-2-1-3-5-18/h1-12,25-26H,13-14H2,(H,27,28). The number of H-pyrrole nitrogens is 1. The lowest BCUT2D eigenvalue weighted by atomic mass is 10.1. The summed E-state index contributed by atoms with van der Waals surface area (Å²) in [6, 6.07) is 24.1. The molecule has 0 aliphatic heterocycles. The quantitative estimate of drug-likeness (QED) is 0.309. The molecule has 146 valence electrons. The number of aromatic carboxylic acids is 1. The SMILES string of the molecule is O=C(O)c1[nH]c2cc(CNCc3ccc(Br)cc3)ccc2c1Sc1ccccc1. The molecule has 0 saturated carbocycles. The Kier molecular flexibility index (Phi) is 6.04. The highest BCUT2D eigenvalue weighted by atomic mass is 79.9. The van der Waals surface area contributed by atoms with Crippen LogP contribution in [0.15, 0.2) is 87.1 Å². The highest BCUT2D eigenvalue weighted by Crippen LogP contribution is 2.37. The molecule has 4 rings (SSSR count). The predicted octanol–water partition coefficient (Wildman–Crippen LogP) is 6.07. The Hall–Kier alpha value is -2.54. The molecule has 4 nitrogen and oxygen atoms in total. The summed E-state index contributed by atoms with van der Waals surface area (Å²) in [6.45, 7) is 1.47. The molecule has 0 atom stereocenters. The second-order valence-corrected chi connectivity index (χ2v) is 8.66. The lowest BCUT2D eigenvalue weighted by molar-refractivity contribution is 0.0688. The summed E-state index contributed by atoms with van der Waals surface area (Å²) >= 11 is 4.91. The van der Waals surface area contributed by atoms with E-state index in [2.05, 4.69) is 38.4 Å². The number of halogens is 1. The highest BCUT2D eigenvalue weighted by molar-refractivity contribution is 9.10. The predicted molar refractivity (Wildman–Crippen MR) is 121 cm³/mol. The molecule has 0 unspecified atom stereocenters. The molecule has 0 bridgehead atoms. The number of hydrogen-bond donors (Lipinski definition) is 3. The molecule has 6 heteroatoms. The number of hydrogen-bond acceptors (Lipinski definition) is 3. The van der Waals surface area contributed by atoms with E-state index < -0.39 is 5.97 Å². The van der Waals surface area contributed by atoms with Crippen molar-refractivity contribution in [2.24, 2.45) is 0 Å². The van der Waals surface area contributed by atoms with Gasteiger partial charge in [-0.1, -0.05) is 70.2 Å². The minimum absolute atomic E-state index is 0.230. The topological polar surface area (TPSA) is 65.1 Å². The number of carboxylic acids is 1. The molecular weight excluding hydrogens is 448 g/mol. The minimum Gasteiger partial charge on any atom is -0.477 e. The monoisotopic (exact) mass is 466 g/mol. The van der Waals surface area contributed by atoms with Gasteiger partial charge in [0.2, 0.25) is 0 Å². The fourth-order valence-electron chi connectivity index (χ4n) is 3.15. The van der Waals surface area contributed by atoms with Crippen molar-refractivity contribution in [1.29, 1.82) is 0 Å². The van der Waals surface area contributed by atoms with Crippen LogP contribution in [-0.2, 0) is 13.1 Å². The average Bonchev–Trinajstić information content (AvgIpc) is 3.08. The van der Waals surface area contributed by atoms with Crippen LogP contribution in [0.3, 0.4) is 0 Å². The Morgan fingerprint density at radius 3 is 2.38 bits per heavy atom. The smallest absolute Gasteiger partial charge is 0.353 e. The number of rotatable bonds is 7. The third kappa shape index (κ3) is 4.72. The molecule has 0 spiro atoms. The Bertz CT molecular complexity index is 1140. The molecule has 0 fully saturated rings. The van der Waals surface area contributed by atoms with E-state index in [1.165, 1.54) is 17.3 Å². The van der Waals surface area contributed by atoms with Crippen LogP contribution in [0.4, 0.5) is 0 Å². The fourth-order valence-corrected chi connectivity index (χ4v) is 4.47. The first-order valence-electron chi connectivity index (χ1n) is 9.16. The number of aromatic amines is 1. The largest absolute Gasteiger partial charge is 0.477 e. The summed E-state index contributed by atoms with van der Waals surface area (Å²) in [4.78, 5) is 16.6. The Morgan fingerprint density at radius 1 is 0.966 bits per heavy atom. The maximum absolute atomic E-state index is 11.8. The third-order valence-corrected chi connectivity index (χ3v) is 6.23. The van der Waals surface area contributed by atoms with Gasteiger partial charge in [-0.15, -0.1) is 0 Å². The van der Waals surface area contributed by atoms with Gasteiger partial charge in [-0.2, -0.15) is 0 Å². The lowest BCUT2D eigenvalue weighted by Crippen LogP contribution is -2.12. The van der Waals surface area contributed by atoms with Crippen molar-refractivity contribution in [1.82, 2.24) is 10.3 Å². The molecule has 0 radical (unpaired) electrons. The maximum Gasteiger partial charge on any atom is 0.353 e. The van der Waals surface area contributed by atoms with Crippen LogP contribution in [-0.4, -0.2) is 16.1 Å². The van der Waals surface area contributed by atoms with Crippen LogP contribution >= 0.6 is 27.7 Å². The van der Waals surface area contributed by atoms with E-state index in [0.29, 0.717) is 6.54 Å². The number of benzene rings is 3. The van der Waals surface area contributed by atoms with Crippen molar-refractivity contribution >= 4 is 44.6 Å². The van der Waals surface area contributed by atoms with Crippen molar-refractivity contribution in [3.8, 4) is 0 Å². The summed E-state index contributed by atoms with van der Waals surface area (Å²) in [6.07, 6.45) is 0. The van der Waals surface area contributed by atoms with Gasteiger partial charge in [0.15, 0.2) is 0 Å². The lowest BCUT2D eigenvalue weighted by Gasteiger charge is -2.06. The number of carboxylic acid groups (broad SMARTS) is 1. The van der Waals surface area contributed by atoms with Gasteiger partial charge in [0.1, 0.15) is 5.69 Å². The number of carbonyl (C=O) groups is 1. The summed E-state index contributed by atoms with van der Waals surface area (Å²) in [7, 11) is 0. The van der Waals surface area contributed by atoms with Crippen LogP contribution in [0.5, 0.6) is 0 Å².